The molecule has 0 aliphatic rings. The molecule has 5 heteroatoms. The fourth-order valence-corrected chi connectivity index (χ4v) is 1.26. The average Bonchev–Trinajstić information content (AvgIpc) is 2.12. The number of hydrogen-bond acceptors (Lipinski definition) is 3. The molecular weight excluding hydrogens is 238 g/mol. The van der Waals surface area contributed by atoms with Crippen molar-refractivity contribution >= 4 is 21.8 Å². The van der Waals surface area contributed by atoms with Crippen LogP contribution in [0.4, 0.5) is 0 Å². The Balaban J connectivity index is 3.83. The minimum Gasteiger partial charge on any atom is -0.395 e. The second-order valence-electron chi connectivity index (χ2n) is 2.54. The van der Waals surface area contributed by atoms with Gasteiger partial charge in [0.05, 0.1) is 13.2 Å². The van der Waals surface area contributed by atoms with Crippen LogP contribution in [-0.4, -0.2) is 54.7 Å². The first-order valence-electron chi connectivity index (χ1n) is 4.19. The first-order valence-corrected chi connectivity index (χ1v) is 5.32. The molecule has 0 spiro atoms. The molecular formula is C8H16BrNO3. The van der Waals surface area contributed by atoms with Gasteiger partial charge in [0.2, 0.25) is 5.91 Å². The van der Waals surface area contributed by atoms with Gasteiger partial charge in [-0.15, -0.1) is 0 Å². The molecule has 4 nitrogen and oxygen atoms in total. The van der Waals surface area contributed by atoms with Crippen LogP contribution in [-0.2, 0) is 9.53 Å². The summed E-state index contributed by atoms with van der Waals surface area (Å²) in [6.07, 6.45) is 0.462. The third-order valence-electron chi connectivity index (χ3n) is 1.60. The quantitative estimate of drug-likeness (QED) is 0.662. The largest absolute Gasteiger partial charge is 0.395 e. The molecule has 0 aromatic carbocycles. The van der Waals surface area contributed by atoms with Crippen LogP contribution >= 0.6 is 15.9 Å². The summed E-state index contributed by atoms with van der Waals surface area (Å²) in [7, 11) is 1.59. The minimum atomic E-state index is -0.00224. The minimum absolute atomic E-state index is 0.00224. The summed E-state index contributed by atoms with van der Waals surface area (Å²) in [6.45, 7) is 1.43. The highest BCUT2D eigenvalue weighted by Crippen LogP contribution is 1.97. The van der Waals surface area contributed by atoms with Crippen molar-refractivity contribution in [2.24, 2.45) is 0 Å². The molecule has 0 fully saturated rings. The van der Waals surface area contributed by atoms with E-state index in [-0.39, 0.29) is 12.5 Å². The van der Waals surface area contributed by atoms with Crippen LogP contribution < -0.4 is 0 Å². The number of nitrogens with zero attached hydrogens (tertiary/aromatic N) is 1. The number of hydrogen-bond donors (Lipinski definition) is 1. The van der Waals surface area contributed by atoms with Crippen molar-refractivity contribution in [3.8, 4) is 0 Å². The van der Waals surface area contributed by atoms with E-state index in [0.29, 0.717) is 31.4 Å². The van der Waals surface area contributed by atoms with E-state index in [2.05, 4.69) is 15.9 Å². The van der Waals surface area contributed by atoms with E-state index in [1.165, 1.54) is 0 Å². The topological polar surface area (TPSA) is 49.8 Å². The second kappa shape index (κ2) is 8.47. The van der Waals surface area contributed by atoms with Crippen molar-refractivity contribution in [1.29, 1.82) is 0 Å². The average molecular weight is 254 g/mol. The van der Waals surface area contributed by atoms with Gasteiger partial charge >= 0.3 is 0 Å². The van der Waals surface area contributed by atoms with Crippen molar-refractivity contribution in [3.63, 3.8) is 0 Å². The number of rotatable bonds is 7. The molecule has 0 atom stereocenters. The van der Waals surface area contributed by atoms with Crippen molar-refractivity contribution < 1.29 is 14.6 Å². The first kappa shape index (κ1) is 12.9. The van der Waals surface area contributed by atoms with Gasteiger partial charge in [-0.3, -0.25) is 4.79 Å². The van der Waals surface area contributed by atoms with E-state index in [9.17, 15) is 4.79 Å². The van der Waals surface area contributed by atoms with Gasteiger partial charge in [-0.2, -0.15) is 0 Å². The van der Waals surface area contributed by atoms with E-state index < -0.39 is 0 Å². The van der Waals surface area contributed by atoms with Crippen LogP contribution in [0.25, 0.3) is 0 Å². The van der Waals surface area contributed by atoms with Crippen LogP contribution in [0.3, 0.4) is 0 Å². The van der Waals surface area contributed by atoms with E-state index in [0.717, 1.165) is 0 Å². The molecule has 0 aliphatic heterocycles. The Bertz CT molecular complexity index is 143. The zero-order valence-corrected chi connectivity index (χ0v) is 9.42. The number of methoxy groups -OCH3 is 1. The van der Waals surface area contributed by atoms with Gasteiger partial charge in [-0.25, -0.2) is 0 Å². The monoisotopic (exact) mass is 253 g/mol. The van der Waals surface area contributed by atoms with E-state index in [1.54, 1.807) is 12.0 Å². The Kier molecular flexibility index (Phi) is 8.38. The Morgan fingerprint density at radius 3 is 2.69 bits per heavy atom. The highest BCUT2D eigenvalue weighted by molar-refractivity contribution is 9.09. The van der Waals surface area contributed by atoms with Crippen molar-refractivity contribution in [2.75, 3.05) is 38.7 Å². The highest BCUT2D eigenvalue weighted by Gasteiger charge is 2.10. The van der Waals surface area contributed by atoms with Crippen LogP contribution in [0.5, 0.6) is 0 Å². The highest BCUT2D eigenvalue weighted by atomic mass is 79.9. The van der Waals surface area contributed by atoms with E-state index in [1.807, 2.05) is 0 Å². The normalized spacial score (nSPS) is 10.1. The number of carbonyl (C=O) groups is 1. The van der Waals surface area contributed by atoms with Crippen LogP contribution in [0.1, 0.15) is 6.42 Å². The lowest BCUT2D eigenvalue weighted by Gasteiger charge is -2.20. The van der Waals surface area contributed by atoms with Crippen molar-refractivity contribution in [2.45, 2.75) is 6.42 Å². The molecule has 78 valence electrons. The van der Waals surface area contributed by atoms with Crippen LogP contribution in [0, 0.1) is 0 Å². The summed E-state index contributed by atoms with van der Waals surface area (Å²) >= 11 is 3.20. The van der Waals surface area contributed by atoms with E-state index in [4.69, 9.17) is 9.84 Å². The number of halogens is 1. The SMILES string of the molecule is COCCN(CCO)C(=O)CCBr. The van der Waals surface area contributed by atoms with Gasteiger partial charge in [0.25, 0.3) is 0 Å². The number of ether oxygens (including phenoxy) is 1. The maximum absolute atomic E-state index is 11.4. The molecule has 0 aliphatic carbocycles. The maximum Gasteiger partial charge on any atom is 0.223 e. The number of aliphatic hydroxyl groups is 1. The number of amides is 1. The van der Waals surface area contributed by atoms with Gasteiger partial charge in [-0.05, 0) is 0 Å². The van der Waals surface area contributed by atoms with Gasteiger partial charge in [0.15, 0.2) is 0 Å². The van der Waals surface area contributed by atoms with Gasteiger partial charge < -0.3 is 14.7 Å². The lowest BCUT2D eigenvalue weighted by Crippen LogP contribution is -2.36. The third-order valence-corrected chi connectivity index (χ3v) is 1.99. The molecule has 1 N–H and O–H groups in total. The molecule has 0 rings (SSSR count). The lowest BCUT2D eigenvalue weighted by atomic mass is 10.4. The molecule has 0 saturated carbocycles. The number of aliphatic hydroxyl groups excluding tert-OH is 1. The Morgan fingerprint density at radius 2 is 2.23 bits per heavy atom. The zero-order valence-electron chi connectivity index (χ0n) is 7.83. The summed E-state index contributed by atoms with van der Waals surface area (Å²) in [5, 5.41) is 9.36. The summed E-state index contributed by atoms with van der Waals surface area (Å²) in [5.41, 5.74) is 0. The Hall–Kier alpha value is -0.130. The fourth-order valence-electron chi connectivity index (χ4n) is 0.922. The van der Waals surface area contributed by atoms with Gasteiger partial charge in [0, 0.05) is 32.0 Å². The zero-order chi connectivity index (χ0) is 10.1. The van der Waals surface area contributed by atoms with Crippen molar-refractivity contribution in [3.05, 3.63) is 0 Å². The molecule has 0 radical (unpaired) electrons. The molecule has 1 amide bonds. The van der Waals surface area contributed by atoms with Crippen LogP contribution in [0.15, 0.2) is 0 Å². The smallest absolute Gasteiger partial charge is 0.223 e. The molecule has 13 heavy (non-hydrogen) atoms. The summed E-state index contributed by atoms with van der Waals surface area (Å²) < 4.78 is 4.86. The molecule has 0 bridgehead atoms. The summed E-state index contributed by atoms with van der Waals surface area (Å²) in [5.74, 6) is 0.0444. The second-order valence-corrected chi connectivity index (χ2v) is 3.33. The first-order chi connectivity index (χ1) is 6.26. The summed E-state index contributed by atoms with van der Waals surface area (Å²) in [6, 6.07) is 0. The molecule has 0 aromatic rings. The van der Waals surface area contributed by atoms with Crippen molar-refractivity contribution in [1.82, 2.24) is 4.90 Å². The third kappa shape index (κ3) is 6.01. The number of carbonyl (C=O) groups excluding carboxylic acids is 1. The molecule has 0 unspecified atom stereocenters. The standard InChI is InChI=1S/C8H16BrNO3/c1-13-7-5-10(4-6-11)8(12)2-3-9/h11H,2-7H2,1H3. The van der Waals surface area contributed by atoms with E-state index >= 15 is 0 Å². The predicted octanol–water partition coefficient (Wildman–Crippen LogP) is 0.239. The fraction of sp³-hybridized carbons (Fsp3) is 0.875. The Morgan fingerprint density at radius 1 is 1.54 bits per heavy atom. The predicted molar refractivity (Wildman–Crippen MR) is 54.0 cm³/mol. The Labute approximate surface area is 87.0 Å². The van der Waals surface area contributed by atoms with Gasteiger partial charge in [-0.1, -0.05) is 15.9 Å². The van der Waals surface area contributed by atoms with Gasteiger partial charge in [0.1, 0.15) is 0 Å². The van der Waals surface area contributed by atoms with Crippen LogP contribution in [0.2, 0.25) is 0 Å². The maximum atomic E-state index is 11.4. The lowest BCUT2D eigenvalue weighted by molar-refractivity contribution is -0.131. The molecule has 0 heterocycles. The molecule has 0 aromatic heterocycles. The molecule has 0 saturated heterocycles. The number of alkyl halides is 1. The summed E-state index contributed by atoms with van der Waals surface area (Å²) in [4.78, 5) is 13.0.